The lowest BCUT2D eigenvalue weighted by Crippen LogP contribution is -2.23. The molecule has 1 unspecified atom stereocenters. The van der Waals surface area contributed by atoms with Crippen molar-refractivity contribution in [2.45, 2.75) is 23.6 Å². The molecule has 4 aromatic carbocycles. The van der Waals surface area contributed by atoms with Gasteiger partial charge in [-0.2, -0.15) is 0 Å². The predicted molar refractivity (Wildman–Crippen MR) is 155 cm³/mol. The van der Waals surface area contributed by atoms with Crippen LogP contribution >= 0.6 is 22.8 Å². The van der Waals surface area contributed by atoms with Crippen LogP contribution in [-0.2, 0) is 4.28 Å². The highest BCUT2D eigenvalue weighted by atomic mass is 32.2. The molecule has 5 rings (SSSR count). The van der Waals surface area contributed by atoms with E-state index in [2.05, 4.69) is 16.5 Å². The zero-order valence-corrected chi connectivity index (χ0v) is 22.3. The van der Waals surface area contributed by atoms with E-state index in [1.54, 1.807) is 36.4 Å². The van der Waals surface area contributed by atoms with Crippen LogP contribution in [0.15, 0.2) is 82.6 Å². The molecule has 0 spiro atoms. The Morgan fingerprint density at radius 2 is 1.29 bits per heavy atom. The zero-order chi connectivity index (χ0) is 27.0. The molecule has 0 bridgehead atoms. The summed E-state index contributed by atoms with van der Waals surface area (Å²) in [4.78, 5) is 29.0. The van der Waals surface area contributed by atoms with Crippen LogP contribution < -0.4 is 16.5 Å². The number of nitrogens with two attached hydrogens (primary N) is 1. The molecule has 0 saturated heterocycles. The van der Waals surface area contributed by atoms with Crippen LogP contribution in [0.5, 0.6) is 0 Å². The van der Waals surface area contributed by atoms with Gasteiger partial charge in [0, 0.05) is 23.2 Å². The van der Waals surface area contributed by atoms with Crippen molar-refractivity contribution in [2.24, 2.45) is 5.90 Å². The maximum atomic E-state index is 13.8. The molecule has 4 aromatic rings. The van der Waals surface area contributed by atoms with Crippen LogP contribution in [0, 0.1) is 13.8 Å². The van der Waals surface area contributed by atoms with Crippen molar-refractivity contribution in [2.75, 3.05) is 10.6 Å². The van der Waals surface area contributed by atoms with E-state index in [0.29, 0.717) is 50.8 Å². The average molecular weight is 544 g/mol. The standard InChI is InChI=1S/C29H25N3O4S2/c1-16-8-10-20(24(14-16)37-35)31-22-12-13-23(32-21-11-9-17(2)15-25(21)38(3)36-30)27-26(22)28(33)18-6-4-5-7-19(18)29(27)34/h4-15,31-32,35H,3,30H2,1-2H3. The Morgan fingerprint density at radius 1 is 0.789 bits per heavy atom. The Morgan fingerprint density at radius 3 is 1.84 bits per heavy atom. The highest BCUT2D eigenvalue weighted by Crippen LogP contribution is 2.41. The maximum Gasteiger partial charge on any atom is 0.196 e. The zero-order valence-electron chi connectivity index (χ0n) is 20.7. The first-order valence-electron chi connectivity index (χ1n) is 11.7. The molecule has 7 nitrogen and oxygen atoms in total. The second-order valence-electron chi connectivity index (χ2n) is 8.90. The minimum Gasteiger partial charge on any atom is -0.354 e. The molecule has 0 fully saturated rings. The van der Waals surface area contributed by atoms with Crippen molar-refractivity contribution < 1.29 is 18.4 Å². The molecule has 0 aromatic heterocycles. The molecule has 0 aliphatic heterocycles. The average Bonchev–Trinajstić information content (AvgIpc) is 2.93. The van der Waals surface area contributed by atoms with Crippen LogP contribution in [0.2, 0.25) is 0 Å². The maximum absolute atomic E-state index is 13.8. The van der Waals surface area contributed by atoms with Crippen molar-refractivity contribution in [1.29, 1.82) is 0 Å². The van der Waals surface area contributed by atoms with Crippen molar-refractivity contribution in [3.05, 3.63) is 106 Å². The van der Waals surface area contributed by atoms with Gasteiger partial charge in [0.15, 0.2) is 11.6 Å². The summed E-state index contributed by atoms with van der Waals surface area (Å²) in [5, 5.41) is 6.60. The van der Waals surface area contributed by atoms with E-state index in [-0.39, 0.29) is 22.7 Å². The number of carbonyl (C=O) groups is 2. The van der Waals surface area contributed by atoms with Gasteiger partial charge >= 0.3 is 0 Å². The van der Waals surface area contributed by atoms with Crippen molar-refractivity contribution in [3.63, 3.8) is 0 Å². The Hall–Kier alpha value is -3.73. The SMILES string of the molecule is C=S(ON)c1cc(C)ccc1Nc1ccc(Nc2ccc(C)cc2SO)c2c1C(=O)c1ccccc1C2=O. The third kappa shape index (κ3) is 4.66. The molecule has 1 atom stereocenters. The summed E-state index contributed by atoms with van der Waals surface area (Å²) in [5.41, 5.74) is 5.40. The van der Waals surface area contributed by atoms with Crippen molar-refractivity contribution in [1.82, 2.24) is 0 Å². The quantitative estimate of drug-likeness (QED) is 0.0986. The molecule has 38 heavy (non-hydrogen) atoms. The Labute approximate surface area is 227 Å². The van der Waals surface area contributed by atoms with Crippen LogP contribution in [0.25, 0.3) is 0 Å². The normalized spacial score (nSPS) is 13.1. The minimum absolute atomic E-state index is 0.255. The van der Waals surface area contributed by atoms with Gasteiger partial charge in [0.25, 0.3) is 0 Å². The van der Waals surface area contributed by atoms with E-state index in [4.69, 9.17) is 10.2 Å². The summed E-state index contributed by atoms with van der Waals surface area (Å²) in [6.07, 6.45) is 0. The smallest absolute Gasteiger partial charge is 0.196 e. The number of anilines is 4. The monoisotopic (exact) mass is 543 g/mol. The number of nitrogens with one attached hydrogen (secondary N) is 2. The topological polar surface area (TPSA) is 114 Å². The van der Waals surface area contributed by atoms with Crippen LogP contribution in [-0.4, -0.2) is 22.0 Å². The van der Waals surface area contributed by atoms with Gasteiger partial charge < -0.3 is 15.2 Å². The van der Waals surface area contributed by atoms with Gasteiger partial charge in [0.05, 0.1) is 43.7 Å². The van der Waals surface area contributed by atoms with Gasteiger partial charge in [-0.1, -0.05) is 36.4 Å². The van der Waals surface area contributed by atoms with Gasteiger partial charge in [-0.05, 0) is 78.0 Å². The molecule has 0 heterocycles. The lowest BCUT2D eigenvalue weighted by atomic mass is 9.82. The number of carbonyl (C=O) groups excluding carboxylic acids is 2. The second-order valence-corrected chi connectivity index (χ2v) is 10.8. The number of benzene rings is 4. The van der Waals surface area contributed by atoms with Gasteiger partial charge in [-0.3, -0.25) is 9.59 Å². The fourth-order valence-corrected chi connectivity index (χ4v) is 5.74. The third-order valence-corrected chi connectivity index (χ3v) is 7.94. The fraction of sp³-hybridized carbons (Fsp3) is 0.0690. The molecule has 0 amide bonds. The molecular formula is C29H25N3O4S2. The first kappa shape index (κ1) is 25.9. The van der Waals surface area contributed by atoms with Gasteiger partial charge in [-0.25, -0.2) is 10.2 Å². The van der Waals surface area contributed by atoms with Crippen molar-refractivity contribution >= 4 is 63.0 Å². The number of rotatable bonds is 7. The molecule has 1 aliphatic rings. The molecule has 9 heteroatoms. The lowest BCUT2D eigenvalue weighted by Gasteiger charge is -2.25. The summed E-state index contributed by atoms with van der Waals surface area (Å²) in [5.74, 6) is 8.90. The largest absolute Gasteiger partial charge is 0.354 e. The first-order valence-corrected chi connectivity index (χ1v) is 13.7. The molecule has 1 aliphatic carbocycles. The number of hydrogen-bond donors (Lipinski definition) is 4. The summed E-state index contributed by atoms with van der Waals surface area (Å²) < 4.78 is 14.8. The molecule has 192 valence electrons. The van der Waals surface area contributed by atoms with Crippen LogP contribution in [0.1, 0.15) is 43.0 Å². The van der Waals surface area contributed by atoms with Gasteiger partial charge in [0.1, 0.15) is 0 Å². The number of ketones is 2. The predicted octanol–water partition coefficient (Wildman–Crippen LogP) is 7.00. The number of fused-ring (bicyclic) bond motifs is 2. The molecule has 0 saturated carbocycles. The first-order chi connectivity index (χ1) is 18.3. The highest BCUT2D eigenvalue weighted by Gasteiger charge is 2.34. The van der Waals surface area contributed by atoms with Crippen LogP contribution in [0.4, 0.5) is 22.7 Å². The summed E-state index contributed by atoms with van der Waals surface area (Å²) in [6, 6.07) is 21.6. The van der Waals surface area contributed by atoms with Crippen molar-refractivity contribution in [3.8, 4) is 0 Å². The molecular weight excluding hydrogens is 518 g/mol. The van der Waals surface area contributed by atoms with E-state index in [9.17, 15) is 14.1 Å². The Kier molecular flexibility index (Phi) is 7.20. The van der Waals surface area contributed by atoms with E-state index < -0.39 is 10.8 Å². The summed E-state index contributed by atoms with van der Waals surface area (Å²) >= 11 is 0.615. The third-order valence-electron chi connectivity index (χ3n) is 6.35. The highest BCUT2D eigenvalue weighted by molar-refractivity contribution is 8.10. The molecule has 0 radical (unpaired) electrons. The Balaban J connectivity index is 1.68. The van der Waals surface area contributed by atoms with Gasteiger partial charge in [-0.15, -0.1) is 0 Å². The van der Waals surface area contributed by atoms with E-state index in [1.165, 1.54) is 0 Å². The summed E-state index contributed by atoms with van der Waals surface area (Å²) in [6.45, 7) is 3.88. The summed E-state index contributed by atoms with van der Waals surface area (Å²) in [7, 11) is -0.951. The van der Waals surface area contributed by atoms with Crippen LogP contribution in [0.3, 0.4) is 0 Å². The van der Waals surface area contributed by atoms with E-state index >= 15 is 0 Å². The van der Waals surface area contributed by atoms with Gasteiger partial charge in [0.2, 0.25) is 0 Å². The number of hydrogen-bond acceptors (Lipinski definition) is 8. The number of aryl methyl sites for hydroxylation is 2. The lowest BCUT2D eigenvalue weighted by molar-refractivity contribution is 0.0980. The minimum atomic E-state index is -0.951. The van der Waals surface area contributed by atoms with E-state index in [1.807, 2.05) is 50.2 Å². The fourth-order valence-electron chi connectivity index (χ4n) is 4.50. The molecule has 5 N–H and O–H groups in total. The second kappa shape index (κ2) is 10.6. The Bertz CT molecular complexity index is 1630. The van der Waals surface area contributed by atoms with E-state index in [0.717, 1.165) is 16.0 Å².